The molecule has 0 spiro atoms. The summed E-state index contributed by atoms with van der Waals surface area (Å²) in [5.74, 6) is 0.0592. The molecular weight excluding hydrogens is 192 g/mol. The zero-order valence-corrected chi connectivity index (χ0v) is 8.77. The second kappa shape index (κ2) is 4.40. The number of hydrogen-bond acceptors (Lipinski definition) is 3. The van der Waals surface area contributed by atoms with E-state index in [9.17, 15) is 4.79 Å². The SMILES string of the molecule is Cc1ccncc1C(=O)N1CCOCC1. The number of nitrogens with zero attached hydrogens (tertiary/aromatic N) is 2. The van der Waals surface area contributed by atoms with Gasteiger partial charge in [0, 0.05) is 25.5 Å². The Morgan fingerprint density at radius 3 is 2.87 bits per heavy atom. The molecule has 0 unspecified atom stereocenters. The van der Waals surface area contributed by atoms with E-state index in [1.165, 1.54) is 0 Å². The fraction of sp³-hybridized carbons (Fsp3) is 0.455. The van der Waals surface area contributed by atoms with Crippen molar-refractivity contribution in [3.8, 4) is 0 Å². The maximum absolute atomic E-state index is 12.1. The van der Waals surface area contributed by atoms with E-state index in [0.29, 0.717) is 31.9 Å². The molecule has 0 aliphatic carbocycles. The Kier molecular flexibility index (Phi) is 2.97. The van der Waals surface area contributed by atoms with Gasteiger partial charge in [-0.1, -0.05) is 0 Å². The lowest BCUT2D eigenvalue weighted by molar-refractivity contribution is 0.0302. The van der Waals surface area contributed by atoms with Crippen molar-refractivity contribution in [2.45, 2.75) is 6.92 Å². The third kappa shape index (κ3) is 2.15. The van der Waals surface area contributed by atoms with Crippen LogP contribution in [0.4, 0.5) is 0 Å². The van der Waals surface area contributed by atoms with Gasteiger partial charge in [-0.3, -0.25) is 9.78 Å². The number of hydrogen-bond donors (Lipinski definition) is 0. The van der Waals surface area contributed by atoms with Crippen LogP contribution in [0.1, 0.15) is 15.9 Å². The number of morpholine rings is 1. The van der Waals surface area contributed by atoms with E-state index < -0.39 is 0 Å². The first-order valence-corrected chi connectivity index (χ1v) is 5.06. The molecule has 2 heterocycles. The van der Waals surface area contributed by atoms with Crippen LogP contribution in [0, 0.1) is 6.92 Å². The summed E-state index contributed by atoms with van der Waals surface area (Å²) in [7, 11) is 0. The molecule has 4 nitrogen and oxygen atoms in total. The number of pyridine rings is 1. The second-order valence-electron chi connectivity index (χ2n) is 3.60. The summed E-state index contributed by atoms with van der Waals surface area (Å²) in [5.41, 5.74) is 1.67. The Morgan fingerprint density at radius 1 is 1.47 bits per heavy atom. The number of carbonyl (C=O) groups is 1. The van der Waals surface area contributed by atoms with E-state index in [0.717, 1.165) is 5.56 Å². The molecule has 2 rings (SSSR count). The molecule has 1 aliphatic rings. The molecule has 4 heteroatoms. The van der Waals surface area contributed by atoms with Gasteiger partial charge in [0.1, 0.15) is 0 Å². The van der Waals surface area contributed by atoms with E-state index in [2.05, 4.69) is 4.98 Å². The molecule has 0 saturated carbocycles. The van der Waals surface area contributed by atoms with Gasteiger partial charge in [0.2, 0.25) is 0 Å². The van der Waals surface area contributed by atoms with E-state index in [4.69, 9.17) is 4.74 Å². The van der Waals surface area contributed by atoms with Gasteiger partial charge >= 0.3 is 0 Å². The molecular formula is C11H14N2O2. The van der Waals surface area contributed by atoms with Gasteiger partial charge in [0.05, 0.1) is 18.8 Å². The standard InChI is InChI=1S/C11H14N2O2/c1-9-2-3-12-8-10(9)11(14)13-4-6-15-7-5-13/h2-3,8H,4-7H2,1H3. The zero-order valence-electron chi connectivity index (χ0n) is 8.77. The lowest BCUT2D eigenvalue weighted by atomic mass is 10.1. The van der Waals surface area contributed by atoms with Crippen LogP contribution < -0.4 is 0 Å². The molecule has 15 heavy (non-hydrogen) atoms. The number of ether oxygens (including phenoxy) is 1. The van der Waals surface area contributed by atoms with Crippen LogP contribution in [0.15, 0.2) is 18.5 Å². The highest BCUT2D eigenvalue weighted by atomic mass is 16.5. The largest absolute Gasteiger partial charge is 0.378 e. The Balaban J connectivity index is 2.16. The summed E-state index contributed by atoms with van der Waals surface area (Å²) in [4.78, 5) is 17.8. The van der Waals surface area contributed by atoms with Crippen molar-refractivity contribution < 1.29 is 9.53 Å². The van der Waals surface area contributed by atoms with Crippen molar-refractivity contribution in [2.24, 2.45) is 0 Å². The van der Waals surface area contributed by atoms with Crippen LogP contribution >= 0.6 is 0 Å². The van der Waals surface area contributed by atoms with Crippen molar-refractivity contribution in [1.82, 2.24) is 9.88 Å². The molecule has 1 aromatic rings. The van der Waals surface area contributed by atoms with Gasteiger partial charge in [0.15, 0.2) is 0 Å². The topological polar surface area (TPSA) is 42.4 Å². The van der Waals surface area contributed by atoms with E-state index in [1.807, 2.05) is 17.9 Å². The summed E-state index contributed by atoms with van der Waals surface area (Å²) in [6.45, 7) is 4.53. The fourth-order valence-corrected chi connectivity index (χ4v) is 1.62. The summed E-state index contributed by atoms with van der Waals surface area (Å²) < 4.78 is 5.21. The number of amides is 1. The fourth-order valence-electron chi connectivity index (χ4n) is 1.62. The molecule has 1 saturated heterocycles. The highest BCUT2D eigenvalue weighted by molar-refractivity contribution is 5.95. The minimum absolute atomic E-state index is 0.0592. The Hall–Kier alpha value is -1.42. The molecule has 1 fully saturated rings. The minimum Gasteiger partial charge on any atom is -0.378 e. The quantitative estimate of drug-likeness (QED) is 0.684. The number of carbonyl (C=O) groups excluding carboxylic acids is 1. The minimum atomic E-state index is 0.0592. The molecule has 0 atom stereocenters. The summed E-state index contributed by atoms with van der Waals surface area (Å²) >= 11 is 0. The lowest BCUT2D eigenvalue weighted by Gasteiger charge is -2.27. The van der Waals surface area contributed by atoms with Gasteiger partial charge in [0.25, 0.3) is 5.91 Å². The third-order valence-corrected chi connectivity index (χ3v) is 2.57. The first kappa shape index (κ1) is 10.1. The third-order valence-electron chi connectivity index (χ3n) is 2.57. The van der Waals surface area contributed by atoms with Crippen molar-refractivity contribution in [3.63, 3.8) is 0 Å². The van der Waals surface area contributed by atoms with Crippen LogP contribution in [0.2, 0.25) is 0 Å². The molecule has 1 aromatic heterocycles. The Morgan fingerprint density at radius 2 is 2.20 bits per heavy atom. The highest BCUT2D eigenvalue weighted by Gasteiger charge is 2.19. The predicted octanol–water partition coefficient (Wildman–Crippen LogP) is 0.862. The predicted molar refractivity (Wildman–Crippen MR) is 55.7 cm³/mol. The molecule has 0 aromatic carbocycles. The van der Waals surface area contributed by atoms with Crippen molar-refractivity contribution in [2.75, 3.05) is 26.3 Å². The number of rotatable bonds is 1. The highest BCUT2D eigenvalue weighted by Crippen LogP contribution is 2.10. The van der Waals surface area contributed by atoms with Gasteiger partial charge in [-0.25, -0.2) is 0 Å². The Labute approximate surface area is 88.9 Å². The van der Waals surface area contributed by atoms with E-state index in [1.54, 1.807) is 12.4 Å². The van der Waals surface area contributed by atoms with Crippen LogP contribution in [0.3, 0.4) is 0 Å². The lowest BCUT2D eigenvalue weighted by Crippen LogP contribution is -2.40. The summed E-state index contributed by atoms with van der Waals surface area (Å²) in [5, 5.41) is 0. The van der Waals surface area contributed by atoms with Crippen LogP contribution in [-0.2, 0) is 4.74 Å². The van der Waals surface area contributed by atoms with Crippen LogP contribution in [0.25, 0.3) is 0 Å². The van der Waals surface area contributed by atoms with Gasteiger partial charge in [-0.05, 0) is 18.6 Å². The zero-order chi connectivity index (χ0) is 10.7. The van der Waals surface area contributed by atoms with Crippen LogP contribution in [0.5, 0.6) is 0 Å². The summed E-state index contributed by atoms with van der Waals surface area (Å²) in [6, 6.07) is 1.85. The number of aromatic nitrogens is 1. The monoisotopic (exact) mass is 206 g/mol. The maximum atomic E-state index is 12.1. The molecule has 80 valence electrons. The average Bonchev–Trinajstić information content (AvgIpc) is 2.30. The second-order valence-corrected chi connectivity index (χ2v) is 3.60. The molecule has 1 amide bonds. The molecule has 0 radical (unpaired) electrons. The van der Waals surface area contributed by atoms with E-state index >= 15 is 0 Å². The molecule has 0 N–H and O–H groups in total. The van der Waals surface area contributed by atoms with Crippen LogP contribution in [-0.4, -0.2) is 42.1 Å². The van der Waals surface area contributed by atoms with Crippen molar-refractivity contribution in [1.29, 1.82) is 0 Å². The molecule has 0 bridgehead atoms. The average molecular weight is 206 g/mol. The smallest absolute Gasteiger partial charge is 0.255 e. The maximum Gasteiger partial charge on any atom is 0.255 e. The van der Waals surface area contributed by atoms with E-state index in [-0.39, 0.29) is 5.91 Å². The van der Waals surface area contributed by atoms with Crippen molar-refractivity contribution >= 4 is 5.91 Å². The van der Waals surface area contributed by atoms with Crippen molar-refractivity contribution in [3.05, 3.63) is 29.6 Å². The molecule has 1 aliphatic heterocycles. The van der Waals surface area contributed by atoms with Gasteiger partial charge in [-0.2, -0.15) is 0 Å². The summed E-state index contributed by atoms with van der Waals surface area (Å²) in [6.07, 6.45) is 3.33. The first-order chi connectivity index (χ1) is 7.29. The Bertz CT molecular complexity index is 359. The van der Waals surface area contributed by atoms with Gasteiger partial charge in [-0.15, -0.1) is 0 Å². The normalized spacial score (nSPS) is 16.5. The first-order valence-electron chi connectivity index (χ1n) is 5.06. The van der Waals surface area contributed by atoms with Gasteiger partial charge < -0.3 is 9.64 Å². The number of aryl methyl sites for hydroxylation is 1.